The number of alkyl halides is 2. The minimum atomic E-state index is -4.36. The Kier molecular flexibility index (Phi) is 7.27. The zero-order valence-electron chi connectivity index (χ0n) is 13.3. The standard InChI is InChI=1S/C13H21F2NO5.Na/c1-11(2,3)21-10(19)16-7-4-5-12(20,6-8-16)13(14,15)9(17)18;/h20H,4-8H2,1-3H3,(H,17,18);/q;+1/p-1. The van der Waals surface area contributed by atoms with E-state index in [1.54, 1.807) is 20.8 Å². The summed E-state index contributed by atoms with van der Waals surface area (Å²) in [6.07, 6.45) is -1.64. The molecule has 1 heterocycles. The number of hydrogen-bond acceptors (Lipinski definition) is 5. The zero-order chi connectivity index (χ0) is 16.5. The van der Waals surface area contributed by atoms with Gasteiger partial charge in [-0.1, -0.05) is 0 Å². The smallest absolute Gasteiger partial charge is 0.544 e. The van der Waals surface area contributed by atoms with Crippen LogP contribution in [0.1, 0.15) is 40.0 Å². The monoisotopic (exact) mass is 331 g/mol. The Balaban J connectivity index is 0.00000441. The van der Waals surface area contributed by atoms with Gasteiger partial charge in [0.05, 0.1) is 0 Å². The van der Waals surface area contributed by atoms with E-state index in [0.29, 0.717) is 0 Å². The number of hydrogen-bond donors (Lipinski definition) is 1. The molecule has 0 bridgehead atoms. The molecule has 0 saturated carbocycles. The van der Waals surface area contributed by atoms with Crippen LogP contribution in [0.2, 0.25) is 0 Å². The number of aliphatic carboxylic acids is 1. The topological polar surface area (TPSA) is 89.9 Å². The van der Waals surface area contributed by atoms with Crippen LogP contribution in [0.3, 0.4) is 0 Å². The van der Waals surface area contributed by atoms with Crippen molar-refractivity contribution in [2.24, 2.45) is 0 Å². The first-order chi connectivity index (χ1) is 9.39. The molecule has 1 unspecified atom stereocenters. The van der Waals surface area contributed by atoms with E-state index in [1.807, 2.05) is 0 Å². The van der Waals surface area contributed by atoms with Crippen LogP contribution < -0.4 is 34.7 Å². The molecule has 0 aromatic rings. The summed E-state index contributed by atoms with van der Waals surface area (Å²) in [5.41, 5.74) is -3.45. The van der Waals surface area contributed by atoms with Crippen molar-refractivity contribution in [1.82, 2.24) is 4.90 Å². The number of aliphatic hydroxyl groups is 1. The van der Waals surface area contributed by atoms with E-state index in [2.05, 4.69) is 0 Å². The van der Waals surface area contributed by atoms with E-state index < -0.39 is 42.0 Å². The van der Waals surface area contributed by atoms with E-state index >= 15 is 0 Å². The number of carboxylic acid groups (broad SMARTS) is 1. The van der Waals surface area contributed by atoms with Gasteiger partial charge in [0.2, 0.25) is 0 Å². The molecule has 0 aliphatic carbocycles. The van der Waals surface area contributed by atoms with Gasteiger partial charge < -0.3 is 24.6 Å². The summed E-state index contributed by atoms with van der Waals surface area (Å²) in [7, 11) is 0. The quantitative estimate of drug-likeness (QED) is 0.566. The van der Waals surface area contributed by atoms with Crippen molar-refractivity contribution in [3.63, 3.8) is 0 Å². The molecule has 0 radical (unpaired) electrons. The molecule has 1 aliphatic heterocycles. The summed E-state index contributed by atoms with van der Waals surface area (Å²) in [5, 5.41) is 20.4. The fraction of sp³-hybridized carbons (Fsp3) is 0.846. The number of rotatable bonds is 2. The van der Waals surface area contributed by atoms with Crippen LogP contribution in [0.4, 0.5) is 13.6 Å². The maximum atomic E-state index is 13.5. The molecule has 22 heavy (non-hydrogen) atoms. The molecular formula is C13H20F2NNaO5. The number of halogens is 2. The Hall–Kier alpha value is -0.440. The van der Waals surface area contributed by atoms with E-state index in [4.69, 9.17) is 4.74 Å². The molecule has 1 N–H and O–H groups in total. The van der Waals surface area contributed by atoms with Gasteiger partial charge in [0, 0.05) is 19.5 Å². The molecule has 0 spiro atoms. The van der Waals surface area contributed by atoms with Gasteiger partial charge in [-0.3, -0.25) is 0 Å². The van der Waals surface area contributed by atoms with Gasteiger partial charge >= 0.3 is 41.6 Å². The average Bonchev–Trinajstić information content (AvgIpc) is 2.50. The van der Waals surface area contributed by atoms with Gasteiger partial charge in [0.15, 0.2) is 0 Å². The number of nitrogens with zero attached hydrogens (tertiary/aromatic N) is 1. The Labute approximate surface area is 150 Å². The van der Waals surface area contributed by atoms with Crippen LogP contribution >= 0.6 is 0 Å². The molecule has 1 amide bonds. The van der Waals surface area contributed by atoms with Crippen molar-refractivity contribution in [2.75, 3.05) is 13.1 Å². The van der Waals surface area contributed by atoms with Crippen LogP contribution in [0.15, 0.2) is 0 Å². The third kappa shape index (κ3) is 5.04. The van der Waals surface area contributed by atoms with Crippen LogP contribution in [0.5, 0.6) is 0 Å². The van der Waals surface area contributed by atoms with Crippen LogP contribution in [-0.4, -0.2) is 52.3 Å². The number of carboxylic acids is 1. The van der Waals surface area contributed by atoms with Gasteiger partial charge in [-0.05, 0) is 33.6 Å². The molecule has 1 saturated heterocycles. The molecule has 1 fully saturated rings. The summed E-state index contributed by atoms with van der Waals surface area (Å²) in [4.78, 5) is 23.6. The molecule has 1 aliphatic rings. The van der Waals surface area contributed by atoms with Gasteiger partial charge in [-0.2, -0.15) is 8.78 Å². The van der Waals surface area contributed by atoms with E-state index in [9.17, 15) is 28.6 Å². The molecule has 0 aromatic heterocycles. The fourth-order valence-corrected chi connectivity index (χ4v) is 2.13. The van der Waals surface area contributed by atoms with E-state index in [-0.39, 0.29) is 49.1 Å². The summed E-state index contributed by atoms with van der Waals surface area (Å²) >= 11 is 0. The Bertz CT molecular complexity index is 427. The maximum absolute atomic E-state index is 13.5. The first kappa shape index (κ1) is 21.6. The van der Waals surface area contributed by atoms with E-state index in [1.165, 1.54) is 4.90 Å². The predicted octanol–water partition coefficient (Wildman–Crippen LogP) is -2.47. The fourth-order valence-electron chi connectivity index (χ4n) is 2.13. The number of carbonyl (C=O) groups excluding carboxylic acids is 2. The summed E-state index contributed by atoms with van der Waals surface area (Å²) in [5.74, 6) is -6.98. The second-order valence-electron chi connectivity index (χ2n) is 6.21. The second-order valence-corrected chi connectivity index (χ2v) is 6.21. The normalized spacial score (nSPS) is 23.3. The minimum absolute atomic E-state index is 0. The molecule has 122 valence electrons. The molecule has 9 heteroatoms. The van der Waals surface area contributed by atoms with Crippen molar-refractivity contribution in [3.05, 3.63) is 0 Å². The summed E-state index contributed by atoms with van der Waals surface area (Å²) in [6.45, 7) is 4.91. The number of ether oxygens (including phenoxy) is 1. The maximum Gasteiger partial charge on any atom is 1.00 e. The Morgan fingerprint density at radius 2 is 1.77 bits per heavy atom. The largest absolute Gasteiger partial charge is 1.00 e. The first-order valence-corrected chi connectivity index (χ1v) is 6.69. The Morgan fingerprint density at radius 3 is 2.23 bits per heavy atom. The number of amides is 1. The van der Waals surface area contributed by atoms with Gasteiger partial charge in [0.1, 0.15) is 17.2 Å². The number of likely N-dealkylation sites (tertiary alicyclic amines) is 1. The van der Waals surface area contributed by atoms with Crippen molar-refractivity contribution < 1.29 is 62.9 Å². The van der Waals surface area contributed by atoms with E-state index in [0.717, 1.165) is 0 Å². The summed E-state index contributed by atoms with van der Waals surface area (Å²) in [6, 6.07) is 0. The molecule has 0 aromatic carbocycles. The SMILES string of the molecule is CC(C)(C)OC(=O)N1CCCC(O)(C(F)(F)C(=O)[O-])CC1.[Na+]. The molecular weight excluding hydrogens is 311 g/mol. The predicted molar refractivity (Wildman–Crippen MR) is 66.6 cm³/mol. The summed E-state index contributed by atoms with van der Waals surface area (Å²) < 4.78 is 32.2. The third-order valence-electron chi connectivity index (χ3n) is 3.31. The molecule has 1 rings (SSSR count). The van der Waals surface area contributed by atoms with Gasteiger partial charge in [0.25, 0.3) is 0 Å². The average molecular weight is 331 g/mol. The second kappa shape index (κ2) is 7.42. The van der Waals surface area contributed by atoms with Crippen molar-refractivity contribution in [3.8, 4) is 0 Å². The van der Waals surface area contributed by atoms with Crippen LogP contribution in [0, 0.1) is 0 Å². The zero-order valence-corrected chi connectivity index (χ0v) is 15.3. The van der Waals surface area contributed by atoms with Crippen molar-refractivity contribution in [2.45, 2.75) is 57.2 Å². The van der Waals surface area contributed by atoms with Crippen molar-refractivity contribution in [1.29, 1.82) is 0 Å². The van der Waals surface area contributed by atoms with Crippen LogP contribution in [-0.2, 0) is 9.53 Å². The Morgan fingerprint density at radius 1 is 1.23 bits per heavy atom. The first-order valence-electron chi connectivity index (χ1n) is 6.69. The van der Waals surface area contributed by atoms with Crippen LogP contribution in [0.25, 0.3) is 0 Å². The number of carbonyl (C=O) groups is 2. The van der Waals surface area contributed by atoms with Gasteiger partial charge in [-0.15, -0.1) is 0 Å². The molecule has 6 nitrogen and oxygen atoms in total. The molecule has 1 atom stereocenters. The van der Waals surface area contributed by atoms with Crippen molar-refractivity contribution >= 4 is 12.1 Å². The minimum Gasteiger partial charge on any atom is -0.544 e. The van der Waals surface area contributed by atoms with Gasteiger partial charge in [-0.25, -0.2) is 4.79 Å². The third-order valence-corrected chi connectivity index (χ3v) is 3.31.